The molecule has 20 heavy (non-hydrogen) atoms. The summed E-state index contributed by atoms with van der Waals surface area (Å²) >= 11 is 3.43. The molecule has 0 atom stereocenters. The van der Waals surface area contributed by atoms with Gasteiger partial charge in [-0.1, -0.05) is 15.9 Å². The molecule has 1 N–H and O–H groups in total. The van der Waals surface area contributed by atoms with Gasteiger partial charge in [0, 0.05) is 15.7 Å². The first-order valence-electron chi connectivity index (χ1n) is 6.16. The van der Waals surface area contributed by atoms with Gasteiger partial charge in [0.25, 0.3) is 0 Å². The van der Waals surface area contributed by atoms with E-state index in [4.69, 9.17) is 9.47 Å². The molecule has 0 aliphatic rings. The van der Waals surface area contributed by atoms with Crippen LogP contribution in [0.3, 0.4) is 0 Å². The van der Waals surface area contributed by atoms with E-state index in [1.807, 2.05) is 37.3 Å². The summed E-state index contributed by atoms with van der Waals surface area (Å²) in [7, 11) is 1.62. The van der Waals surface area contributed by atoms with Crippen LogP contribution in [0.5, 0.6) is 11.5 Å². The molecule has 1 heterocycles. The smallest absolute Gasteiger partial charge is 0.143 e. The number of benzene rings is 1. The molecule has 0 unspecified atom stereocenters. The van der Waals surface area contributed by atoms with Crippen LogP contribution in [0.2, 0.25) is 0 Å². The molecule has 0 amide bonds. The summed E-state index contributed by atoms with van der Waals surface area (Å²) in [5.74, 6) is 1.35. The Labute approximate surface area is 126 Å². The van der Waals surface area contributed by atoms with Crippen molar-refractivity contribution in [2.45, 2.75) is 20.1 Å². The molecule has 1 aromatic carbocycles. The van der Waals surface area contributed by atoms with Crippen molar-refractivity contribution in [3.8, 4) is 11.5 Å². The van der Waals surface area contributed by atoms with Gasteiger partial charge in [-0.2, -0.15) is 0 Å². The highest BCUT2D eigenvalue weighted by atomic mass is 79.9. The molecule has 0 spiro atoms. The SMILES string of the molecule is COc1ccc(Br)cc1COc1ccc(C)nc1CO. The molecule has 0 aliphatic carbocycles. The maximum atomic E-state index is 9.31. The van der Waals surface area contributed by atoms with Crippen molar-refractivity contribution in [1.82, 2.24) is 4.98 Å². The Bertz CT molecular complexity index is 602. The Balaban J connectivity index is 2.18. The Kier molecular flexibility index (Phi) is 4.98. The van der Waals surface area contributed by atoms with Crippen molar-refractivity contribution < 1.29 is 14.6 Å². The number of halogens is 1. The minimum atomic E-state index is -0.146. The van der Waals surface area contributed by atoms with Crippen LogP contribution >= 0.6 is 15.9 Å². The van der Waals surface area contributed by atoms with Gasteiger partial charge in [0.15, 0.2) is 0 Å². The highest BCUT2D eigenvalue weighted by molar-refractivity contribution is 9.10. The van der Waals surface area contributed by atoms with Crippen LogP contribution in [-0.2, 0) is 13.2 Å². The fourth-order valence-corrected chi connectivity index (χ4v) is 2.27. The zero-order chi connectivity index (χ0) is 14.5. The second-order valence-corrected chi connectivity index (χ2v) is 5.22. The first-order chi connectivity index (χ1) is 9.63. The number of pyridine rings is 1. The van der Waals surface area contributed by atoms with Gasteiger partial charge in [-0.25, -0.2) is 0 Å². The highest BCUT2D eigenvalue weighted by Gasteiger charge is 2.08. The molecule has 2 rings (SSSR count). The number of aromatic nitrogens is 1. The van der Waals surface area contributed by atoms with E-state index in [2.05, 4.69) is 20.9 Å². The van der Waals surface area contributed by atoms with Crippen LogP contribution in [0.1, 0.15) is 17.0 Å². The lowest BCUT2D eigenvalue weighted by molar-refractivity contribution is 0.251. The van der Waals surface area contributed by atoms with Crippen molar-refractivity contribution in [1.29, 1.82) is 0 Å². The largest absolute Gasteiger partial charge is 0.496 e. The van der Waals surface area contributed by atoms with E-state index in [-0.39, 0.29) is 6.61 Å². The van der Waals surface area contributed by atoms with E-state index in [1.165, 1.54) is 0 Å². The maximum Gasteiger partial charge on any atom is 0.143 e. The Morgan fingerprint density at radius 1 is 1.20 bits per heavy atom. The summed E-state index contributed by atoms with van der Waals surface area (Å²) in [6.07, 6.45) is 0. The fourth-order valence-electron chi connectivity index (χ4n) is 1.86. The molecule has 4 nitrogen and oxygen atoms in total. The van der Waals surface area contributed by atoms with E-state index in [1.54, 1.807) is 7.11 Å². The first kappa shape index (κ1) is 14.8. The van der Waals surface area contributed by atoms with E-state index in [0.717, 1.165) is 21.5 Å². The monoisotopic (exact) mass is 337 g/mol. The van der Waals surface area contributed by atoms with Gasteiger partial charge in [-0.3, -0.25) is 4.98 Å². The number of hydrogen-bond acceptors (Lipinski definition) is 4. The summed E-state index contributed by atoms with van der Waals surface area (Å²) in [5, 5.41) is 9.31. The normalized spacial score (nSPS) is 10.4. The number of methoxy groups -OCH3 is 1. The minimum absolute atomic E-state index is 0.146. The third-order valence-corrected chi connectivity index (χ3v) is 3.34. The lowest BCUT2D eigenvalue weighted by Gasteiger charge is -2.12. The van der Waals surface area contributed by atoms with Crippen LogP contribution in [0, 0.1) is 6.92 Å². The highest BCUT2D eigenvalue weighted by Crippen LogP contribution is 2.25. The molecule has 0 saturated carbocycles. The number of aliphatic hydroxyl groups excluding tert-OH is 1. The van der Waals surface area contributed by atoms with Gasteiger partial charge in [0.1, 0.15) is 23.8 Å². The molecule has 0 fully saturated rings. The molecule has 0 radical (unpaired) electrons. The summed E-state index contributed by atoms with van der Waals surface area (Å²) in [6, 6.07) is 9.40. The summed E-state index contributed by atoms with van der Waals surface area (Å²) < 4.78 is 12.0. The Morgan fingerprint density at radius 2 is 1.95 bits per heavy atom. The van der Waals surface area contributed by atoms with Crippen LogP contribution in [-0.4, -0.2) is 17.2 Å². The van der Waals surface area contributed by atoms with Gasteiger partial charge in [-0.05, 0) is 37.3 Å². The number of aryl methyl sites for hydroxylation is 1. The van der Waals surface area contributed by atoms with Crippen LogP contribution < -0.4 is 9.47 Å². The van der Waals surface area contributed by atoms with Gasteiger partial charge in [-0.15, -0.1) is 0 Å². The molecule has 1 aromatic heterocycles. The van der Waals surface area contributed by atoms with Crippen LogP contribution in [0.25, 0.3) is 0 Å². The van der Waals surface area contributed by atoms with E-state index < -0.39 is 0 Å². The molecule has 0 aliphatic heterocycles. The average Bonchev–Trinajstić information content (AvgIpc) is 2.46. The quantitative estimate of drug-likeness (QED) is 0.909. The number of nitrogens with zero attached hydrogens (tertiary/aromatic N) is 1. The lowest BCUT2D eigenvalue weighted by Crippen LogP contribution is -2.03. The van der Waals surface area contributed by atoms with Crippen molar-refractivity contribution in [3.05, 3.63) is 51.8 Å². The standard InChI is InChI=1S/C15H16BrNO3/c1-10-3-5-15(13(8-18)17-10)20-9-11-7-12(16)4-6-14(11)19-2/h3-7,18H,8-9H2,1-2H3. The van der Waals surface area contributed by atoms with Crippen LogP contribution in [0.4, 0.5) is 0 Å². The summed E-state index contributed by atoms with van der Waals surface area (Å²) in [6.45, 7) is 2.08. The molecule has 106 valence electrons. The first-order valence-corrected chi connectivity index (χ1v) is 6.96. The average molecular weight is 338 g/mol. The molecule has 0 bridgehead atoms. The molecular weight excluding hydrogens is 322 g/mol. The van der Waals surface area contributed by atoms with Gasteiger partial charge in [0.2, 0.25) is 0 Å². The summed E-state index contributed by atoms with van der Waals surface area (Å²) in [5.41, 5.74) is 2.31. The van der Waals surface area contributed by atoms with E-state index in [9.17, 15) is 5.11 Å². The molecule has 0 saturated heterocycles. The Morgan fingerprint density at radius 3 is 2.65 bits per heavy atom. The van der Waals surface area contributed by atoms with Crippen molar-refractivity contribution in [2.24, 2.45) is 0 Å². The predicted octanol–water partition coefficient (Wildman–Crippen LogP) is 3.23. The number of hydrogen-bond donors (Lipinski definition) is 1. The van der Waals surface area contributed by atoms with Crippen molar-refractivity contribution in [2.75, 3.05) is 7.11 Å². The second kappa shape index (κ2) is 6.72. The van der Waals surface area contributed by atoms with Gasteiger partial charge in [0.05, 0.1) is 13.7 Å². The predicted molar refractivity (Wildman–Crippen MR) is 79.9 cm³/mol. The zero-order valence-electron chi connectivity index (χ0n) is 11.4. The lowest BCUT2D eigenvalue weighted by atomic mass is 10.2. The fraction of sp³-hybridized carbons (Fsp3) is 0.267. The van der Waals surface area contributed by atoms with E-state index >= 15 is 0 Å². The maximum absolute atomic E-state index is 9.31. The number of rotatable bonds is 5. The number of aliphatic hydroxyl groups is 1. The van der Waals surface area contributed by atoms with Crippen LogP contribution in [0.15, 0.2) is 34.8 Å². The third kappa shape index (κ3) is 3.49. The summed E-state index contributed by atoms with van der Waals surface area (Å²) in [4.78, 5) is 4.25. The van der Waals surface area contributed by atoms with Crippen molar-refractivity contribution in [3.63, 3.8) is 0 Å². The topological polar surface area (TPSA) is 51.6 Å². The third-order valence-electron chi connectivity index (χ3n) is 2.85. The van der Waals surface area contributed by atoms with E-state index in [0.29, 0.717) is 18.1 Å². The molecule has 2 aromatic rings. The van der Waals surface area contributed by atoms with Crippen molar-refractivity contribution >= 4 is 15.9 Å². The zero-order valence-corrected chi connectivity index (χ0v) is 13.0. The van der Waals surface area contributed by atoms with Gasteiger partial charge >= 0.3 is 0 Å². The second-order valence-electron chi connectivity index (χ2n) is 4.30. The minimum Gasteiger partial charge on any atom is -0.496 e. The number of ether oxygens (including phenoxy) is 2. The Hall–Kier alpha value is -1.59. The molecular formula is C15H16BrNO3. The molecule has 5 heteroatoms. The van der Waals surface area contributed by atoms with Gasteiger partial charge < -0.3 is 14.6 Å².